The molecule has 4 nitrogen and oxygen atoms in total. The quantitative estimate of drug-likeness (QED) is 0.385. The molecule has 2 amide bonds. The van der Waals surface area contributed by atoms with Crippen molar-refractivity contribution in [1.82, 2.24) is 0 Å². The molecule has 0 radical (unpaired) electrons. The topological polar surface area (TPSA) is 58.2 Å². The van der Waals surface area contributed by atoms with E-state index in [1.807, 2.05) is 38.1 Å². The van der Waals surface area contributed by atoms with E-state index in [2.05, 4.69) is 52.3 Å². The van der Waals surface area contributed by atoms with Crippen molar-refractivity contribution in [3.63, 3.8) is 0 Å². The largest absolute Gasteiger partial charge is 0.326 e. The molecule has 0 aliphatic heterocycles. The van der Waals surface area contributed by atoms with Crippen LogP contribution in [0.4, 0.5) is 11.4 Å². The van der Waals surface area contributed by atoms with Crippen molar-refractivity contribution in [3.8, 4) is 0 Å². The van der Waals surface area contributed by atoms with Crippen molar-refractivity contribution in [2.24, 2.45) is 0 Å². The number of nitrogens with one attached hydrogen (secondary N) is 2. The monoisotopic (exact) mass is 496 g/mol. The molecule has 0 heterocycles. The van der Waals surface area contributed by atoms with Gasteiger partial charge in [-0.05, 0) is 78.8 Å². The Morgan fingerprint density at radius 1 is 1.00 bits per heavy atom. The number of thioether (sulfide) groups is 1. The molecule has 2 aromatic rings. The van der Waals surface area contributed by atoms with Gasteiger partial charge >= 0.3 is 0 Å². The highest BCUT2D eigenvalue weighted by atomic mass is 127. The van der Waals surface area contributed by atoms with Gasteiger partial charge < -0.3 is 10.6 Å². The number of benzene rings is 2. The number of para-hydroxylation sites is 1. The van der Waals surface area contributed by atoms with E-state index in [4.69, 9.17) is 0 Å². The van der Waals surface area contributed by atoms with Crippen LogP contribution in [0.3, 0.4) is 0 Å². The second kappa shape index (κ2) is 10.7. The lowest BCUT2D eigenvalue weighted by atomic mass is 10.0. The van der Waals surface area contributed by atoms with Crippen LogP contribution in [-0.2, 0) is 9.59 Å². The summed E-state index contributed by atoms with van der Waals surface area (Å²) in [5.74, 6) is 1.18. The van der Waals surface area contributed by atoms with E-state index in [0.717, 1.165) is 38.2 Å². The van der Waals surface area contributed by atoms with Gasteiger partial charge in [-0.2, -0.15) is 11.8 Å². The third-order valence-corrected chi connectivity index (χ3v) is 6.00. The van der Waals surface area contributed by atoms with E-state index in [1.54, 1.807) is 11.8 Å². The number of hydrogen-bond donors (Lipinski definition) is 2. The van der Waals surface area contributed by atoms with E-state index in [0.29, 0.717) is 12.2 Å². The zero-order valence-corrected chi connectivity index (χ0v) is 18.9. The van der Waals surface area contributed by atoms with Crippen LogP contribution < -0.4 is 10.6 Å². The number of aryl methyl sites for hydroxylation is 3. The lowest BCUT2D eigenvalue weighted by molar-refractivity contribution is -0.116. The summed E-state index contributed by atoms with van der Waals surface area (Å²) >= 11 is 3.75. The number of hydrogen-bond acceptors (Lipinski definition) is 3. The van der Waals surface area contributed by atoms with Gasteiger partial charge in [-0.25, -0.2) is 0 Å². The molecular weight excluding hydrogens is 471 g/mol. The SMILES string of the molecule is Cc1cc(C)c(NC(=O)CCCSCC(=O)Nc2ccccc2I)c(C)c1. The zero-order chi connectivity index (χ0) is 19.8. The minimum atomic E-state index is -0.0144. The van der Waals surface area contributed by atoms with Gasteiger partial charge in [0.15, 0.2) is 0 Å². The van der Waals surface area contributed by atoms with Crippen molar-refractivity contribution in [1.29, 1.82) is 0 Å². The van der Waals surface area contributed by atoms with Gasteiger partial charge in [-0.1, -0.05) is 29.8 Å². The molecule has 0 atom stereocenters. The number of rotatable bonds is 8. The Balaban J connectivity index is 1.67. The number of carbonyl (C=O) groups is 2. The summed E-state index contributed by atoms with van der Waals surface area (Å²) < 4.78 is 1.02. The van der Waals surface area contributed by atoms with Gasteiger partial charge in [0, 0.05) is 15.7 Å². The zero-order valence-electron chi connectivity index (χ0n) is 15.9. The summed E-state index contributed by atoms with van der Waals surface area (Å²) in [5, 5.41) is 5.93. The van der Waals surface area contributed by atoms with E-state index in [9.17, 15) is 9.59 Å². The van der Waals surface area contributed by atoms with Gasteiger partial charge in [0.2, 0.25) is 11.8 Å². The summed E-state index contributed by atoms with van der Waals surface area (Å²) in [7, 11) is 0. The molecule has 0 fully saturated rings. The maximum absolute atomic E-state index is 12.2. The molecule has 2 N–H and O–H groups in total. The van der Waals surface area contributed by atoms with Crippen LogP contribution in [0.1, 0.15) is 29.5 Å². The van der Waals surface area contributed by atoms with Gasteiger partial charge in [0.1, 0.15) is 0 Å². The average Bonchev–Trinajstić information content (AvgIpc) is 2.60. The summed E-state index contributed by atoms with van der Waals surface area (Å²) in [4.78, 5) is 24.2. The fourth-order valence-corrected chi connectivity index (χ4v) is 4.10. The van der Waals surface area contributed by atoms with Crippen LogP contribution in [-0.4, -0.2) is 23.3 Å². The molecular formula is C21H25IN2O2S. The number of anilines is 2. The van der Waals surface area contributed by atoms with E-state index in [-0.39, 0.29) is 11.8 Å². The van der Waals surface area contributed by atoms with E-state index < -0.39 is 0 Å². The number of halogens is 1. The maximum Gasteiger partial charge on any atom is 0.234 e. The van der Waals surface area contributed by atoms with Crippen molar-refractivity contribution in [2.45, 2.75) is 33.6 Å². The Morgan fingerprint density at radius 2 is 1.67 bits per heavy atom. The summed E-state index contributed by atoms with van der Waals surface area (Å²) in [6, 6.07) is 11.8. The normalized spacial score (nSPS) is 10.5. The standard InChI is InChI=1S/C21H25IN2O2S/c1-14-11-15(2)21(16(3)12-14)24-19(25)9-6-10-27-13-20(26)23-18-8-5-4-7-17(18)22/h4-5,7-8,11-12H,6,9-10,13H2,1-3H3,(H,23,26)(H,24,25). The Hall–Kier alpha value is -1.54. The van der Waals surface area contributed by atoms with Gasteiger partial charge in [0.05, 0.1) is 11.4 Å². The second-order valence-electron chi connectivity index (χ2n) is 6.51. The third kappa shape index (κ3) is 7.18. The van der Waals surface area contributed by atoms with Crippen LogP contribution in [0.5, 0.6) is 0 Å². The van der Waals surface area contributed by atoms with Crippen LogP contribution >= 0.6 is 34.4 Å². The molecule has 0 saturated heterocycles. The maximum atomic E-state index is 12.2. The van der Waals surface area contributed by atoms with Gasteiger partial charge in [0.25, 0.3) is 0 Å². The van der Waals surface area contributed by atoms with Crippen LogP contribution in [0.15, 0.2) is 36.4 Å². The highest BCUT2D eigenvalue weighted by Crippen LogP contribution is 2.22. The first-order chi connectivity index (χ1) is 12.9. The van der Waals surface area contributed by atoms with E-state index >= 15 is 0 Å². The van der Waals surface area contributed by atoms with Crippen molar-refractivity contribution >= 4 is 57.5 Å². The van der Waals surface area contributed by atoms with Crippen LogP contribution in [0, 0.1) is 24.3 Å². The molecule has 0 unspecified atom stereocenters. The van der Waals surface area contributed by atoms with Crippen molar-refractivity contribution < 1.29 is 9.59 Å². The Bertz CT molecular complexity index is 801. The Morgan fingerprint density at radius 3 is 2.33 bits per heavy atom. The molecule has 0 aromatic heterocycles. The highest BCUT2D eigenvalue weighted by Gasteiger charge is 2.09. The minimum Gasteiger partial charge on any atom is -0.326 e. The first-order valence-electron chi connectivity index (χ1n) is 8.86. The third-order valence-electron chi connectivity index (χ3n) is 4.02. The molecule has 27 heavy (non-hydrogen) atoms. The molecule has 0 aliphatic rings. The molecule has 0 spiro atoms. The van der Waals surface area contributed by atoms with Crippen molar-refractivity contribution in [3.05, 3.63) is 56.7 Å². The number of amides is 2. The summed E-state index contributed by atoms with van der Waals surface area (Å²) in [5.41, 5.74) is 5.12. The number of carbonyl (C=O) groups excluding carboxylic acids is 2. The fourth-order valence-electron chi connectivity index (χ4n) is 2.83. The summed E-state index contributed by atoms with van der Waals surface area (Å²) in [6.45, 7) is 6.08. The lowest BCUT2D eigenvalue weighted by Crippen LogP contribution is -2.16. The van der Waals surface area contributed by atoms with Gasteiger partial charge in [-0.15, -0.1) is 0 Å². The Labute approximate surface area is 179 Å². The molecule has 0 aliphatic carbocycles. The second-order valence-corrected chi connectivity index (χ2v) is 8.77. The molecule has 2 aromatic carbocycles. The first kappa shape index (κ1) is 21.8. The van der Waals surface area contributed by atoms with Crippen LogP contribution in [0.25, 0.3) is 0 Å². The average molecular weight is 496 g/mol. The van der Waals surface area contributed by atoms with Crippen LogP contribution in [0.2, 0.25) is 0 Å². The minimum absolute atomic E-state index is 0.0144. The predicted molar refractivity (Wildman–Crippen MR) is 124 cm³/mol. The molecule has 6 heteroatoms. The first-order valence-corrected chi connectivity index (χ1v) is 11.1. The molecule has 2 rings (SSSR count). The van der Waals surface area contributed by atoms with Crippen molar-refractivity contribution in [2.75, 3.05) is 22.1 Å². The smallest absolute Gasteiger partial charge is 0.234 e. The Kier molecular flexibility index (Phi) is 8.63. The molecule has 0 bridgehead atoms. The van der Waals surface area contributed by atoms with E-state index in [1.165, 1.54) is 5.56 Å². The highest BCUT2D eigenvalue weighted by molar-refractivity contribution is 14.1. The summed E-state index contributed by atoms with van der Waals surface area (Å²) in [6.07, 6.45) is 1.20. The van der Waals surface area contributed by atoms with Gasteiger partial charge in [-0.3, -0.25) is 9.59 Å². The lowest BCUT2D eigenvalue weighted by Gasteiger charge is -2.12. The molecule has 144 valence electrons. The fraction of sp³-hybridized carbons (Fsp3) is 0.333. The molecule has 0 saturated carbocycles. The predicted octanol–water partition coefficient (Wildman–Crippen LogP) is 5.31.